The molecule has 1 aromatic rings. The first kappa shape index (κ1) is 11.4. The van der Waals surface area contributed by atoms with Crippen molar-refractivity contribution in [2.24, 2.45) is 0 Å². The Bertz CT molecular complexity index is 437. The summed E-state index contributed by atoms with van der Waals surface area (Å²) in [7, 11) is 0. The van der Waals surface area contributed by atoms with Crippen molar-refractivity contribution in [3.05, 3.63) is 29.8 Å². The molecular weight excluding hydrogens is 224 g/mol. The Hall–Kier alpha value is -2.04. The second-order valence-electron chi connectivity index (χ2n) is 3.88. The molecule has 1 heterocycles. The van der Waals surface area contributed by atoms with E-state index in [9.17, 15) is 9.59 Å². The van der Waals surface area contributed by atoms with Crippen molar-refractivity contribution in [3.63, 3.8) is 0 Å². The van der Waals surface area contributed by atoms with E-state index in [1.165, 1.54) is 19.1 Å². The van der Waals surface area contributed by atoms with Crippen LogP contribution in [0.5, 0.6) is 5.75 Å². The molecule has 0 amide bonds. The first-order valence-electron chi connectivity index (χ1n) is 5.25. The molecule has 0 bridgehead atoms. The summed E-state index contributed by atoms with van der Waals surface area (Å²) in [6.45, 7) is 1.47. The molecule has 2 rings (SSSR count). The smallest absolute Gasteiger partial charge is 0.348 e. The summed E-state index contributed by atoms with van der Waals surface area (Å²) in [5, 5.41) is 9.11. The number of hydrogen-bond acceptors (Lipinski definition) is 5. The molecule has 0 saturated carbocycles. The summed E-state index contributed by atoms with van der Waals surface area (Å²) in [5.74, 6) is -0.927. The lowest BCUT2D eigenvalue weighted by molar-refractivity contribution is -0.193. The van der Waals surface area contributed by atoms with Crippen LogP contribution in [0, 0.1) is 0 Å². The Morgan fingerprint density at radius 3 is 2.41 bits per heavy atom. The third kappa shape index (κ3) is 2.55. The summed E-state index contributed by atoms with van der Waals surface area (Å²) in [6.07, 6.45) is -1.49. The molecule has 5 nitrogen and oxygen atoms in total. The molecule has 0 spiro atoms. The van der Waals surface area contributed by atoms with Crippen molar-refractivity contribution in [2.45, 2.75) is 25.6 Å². The lowest BCUT2D eigenvalue weighted by Gasteiger charge is -2.25. The van der Waals surface area contributed by atoms with E-state index in [1.54, 1.807) is 12.1 Å². The topological polar surface area (TPSA) is 72.8 Å². The third-order valence-corrected chi connectivity index (χ3v) is 2.50. The normalized spacial score (nSPS) is 24.1. The first-order chi connectivity index (χ1) is 8.06. The molecule has 1 aliphatic rings. The molecule has 17 heavy (non-hydrogen) atoms. The standard InChI is InChI=1S/C12H12O5/c1-7-11(14)17-10(12(15)16-7)6-8-2-4-9(13)5-3-8/h2-5,7,10,13H,6H2,1H3. The van der Waals surface area contributed by atoms with Crippen molar-refractivity contribution in [3.8, 4) is 5.75 Å². The Labute approximate surface area is 98.0 Å². The van der Waals surface area contributed by atoms with Crippen LogP contribution in [-0.4, -0.2) is 29.3 Å². The maximum absolute atomic E-state index is 11.5. The minimum atomic E-state index is -0.900. The molecule has 1 fully saturated rings. The second kappa shape index (κ2) is 4.45. The summed E-state index contributed by atoms with van der Waals surface area (Å²) < 4.78 is 9.81. The van der Waals surface area contributed by atoms with E-state index in [4.69, 9.17) is 14.6 Å². The SMILES string of the molecule is CC1OC(=O)C(Cc2ccc(O)cc2)OC1=O. The average molecular weight is 236 g/mol. The summed E-state index contributed by atoms with van der Waals surface area (Å²) in [6, 6.07) is 6.34. The maximum atomic E-state index is 11.5. The molecule has 90 valence electrons. The van der Waals surface area contributed by atoms with Gasteiger partial charge in [-0.05, 0) is 24.6 Å². The number of carbonyl (C=O) groups is 2. The Morgan fingerprint density at radius 2 is 1.76 bits per heavy atom. The first-order valence-corrected chi connectivity index (χ1v) is 5.25. The van der Waals surface area contributed by atoms with Gasteiger partial charge in [-0.25, -0.2) is 9.59 Å². The number of ether oxygens (including phenoxy) is 2. The van der Waals surface area contributed by atoms with Gasteiger partial charge in [-0.1, -0.05) is 12.1 Å². The summed E-state index contributed by atoms with van der Waals surface area (Å²) in [5.41, 5.74) is 0.784. The molecule has 1 N–H and O–H groups in total. The predicted molar refractivity (Wildman–Crippen MR) is 57.2 cm³/mol. The van der Waals surface area contributed by atoms with Crippen LogP contribution in [0.3, 0.4) is 0 Å². The minimum absolute atomic E-state index is 0.144. The van der Waals surface area contributed by atoms with E-state index in [0.717, 1.165) is 5.56 Å². The highest BCUT2D eigenvalue weighted by Crippen LogP contribution is 2.17. The van der Waals surface area contributed by atoms with Gasteiger partial charge in [-0.3, -0.25) is 0 Å². The van der Waals surface area contributed by atoms with E-state index in [0.29, 0.717) is 0 Å². The van der Waals surface area contributed by atoms with Crippen LogP contribution in [0.2, 0.25) is 0 Å². The van der Waals surface area contributed by atoms with Crippen molar-refractivity contribution in [2.75, 3.05) is 0 Å². The lowest BCUT2D eigenvalue weighted by atomic mass is 10.1. The molecule has 1 aliphatic heterocycles. The number of rotatable bonds is 2. The zero-order chi connectivity index (χ0) is 12.4. The molecule has 2 unspecified atom stereocenters. The van der Waals surface area contributed by atoms with Gasteiger partial charge >= 0.3 is 11.9 Å². The molecule has 5 heteroatoms. The molecular formula is C12H12O5. The monoisotopic (exact) mass is 236 g/mol. The van der Waals surface area contributed by atoms with Crippen LogP contribution in [0.4, 0.5) is 0 Å². The molecule has 1 aromatic carbocycles. The number of cyclic esters (lactones) is 2. The van der Waals surface area contributed by atoms with E-state index in [1.807, 2.05) is 0 Å². The van der Waals surface area contributed by atoms with Crippen LogP contribution >= 0.6 is 0 Å². The van der Waals surface area contributed by atoms with Gasteiger partial charge in [0.05, 0.1) is 0 Å². The minimum Gasteiger partial charge on any atom is -0.508 e. The van der Waals surface area contributed by atoms with Crippen LogP contribution < -0.4 is 0 Å². The van der Waals surface area contributed by atoms with Crippen molar-refractivity contribution in [1.82, 2.24) is 0 Å². The quantitative estimate of drug-likeness (QED) is 0.768. The zero-order valence-corrected chi connectivity index (χ0v) is 9.25. The highest BCUT2D eigenvalue weighted by Gasteiger charge is 2.35. The fourth-order valence-electron chi connectivity index (χ4n) is 1.55. The zero-order valence-electron chi connectivity index (χ0n) is 9.25. The molecule has 0 aromatic heterocycles. The number of carbonyl (C=O) groups excluding carboxylic acids is 2. The highest BCUT2D eigenvalue weighted by atomic mass is 16.6. The predicted octanol–water partition coefficient (Wildman–Crippen LogP) is 0.792. The van der Waals surface area contributed by atoms with E-state index in [2.05, 4.69) is 0 Å². The van der Waals surface area contributed by atoms with Gasteiger partial charge in [-0.2, -0.15) is 0 Å². The van der Waals surface area contributed by atoms with Gasteiger partial charge in [0.1, 0.15) is 5.75 Å². The molecule has 2 atom stereocenters. The number of hydrogen-bond donors (Lipinski definition) is 1. The summed E-state index contributed by atoms with van der Waals surface area (Å²) in [4.78, 5) is 22.7. The van der Waals surface area contributed by atoms with Gasteiger partial charge in [0, 0.05) is 6.42 Å². The molecule has 0 aliphatic carbocycles. The third-order valence-electron chi connectivity index (χ3n) is 2.50. The fraction of sp³-hybridized carbons (Fsp3) is 0.333. The van der Waals surface area contributed by atoms with Gasteiger partial charge in [0.25, 0.3) is 0 Å². The maximum Gasteiger partial charge on any atom is 0.348 e. The van der Waals surface area contributed by atoms with E-state index < -0.39 is 24.1 Å². The fourth-order valence-corrected chi connectivity index (χ4v) is 1.55. The number of phenols is 1. The second-order valence-corrected chi connectivity index (χ2v) is 3.88. The number of benzene rings is 1. The largest absolute Gasteiger partial charge is 0.508 e. The average Bonchev–Trinajstić information content (AvgIpc) is 2.29. The van der Waals surface area contributed by atoms with E-state index >= 15 is 0 Å². The lowest BCUT2D eigenvalue weighted by Crippen LogP contribution is -2.43. The molecule has 1 saturated heterocycles. The summed E-state index contributed by atoms with van der Waals surface area (Å²) >= 11 is 0. The Kier molecular flexibility index (Phi) is 2.99. The number of aromatic hydroxyl groups is 1. The van der Waals surface area contributed by atoms with Crippen LogP contribution in [0.25, 0.3) is 0 Å². The highest BCUT2D eigenvalue weighted by molar-refractivity contribution is 5.87. The van der Waals surface area contributed by atoms with Crippen LogP contribution in [0.1, 0.15) is 12.5 Å². The van der Waals surface area contributed by atoms with Crippen molar-refractivity contribution in [1.29, 1.82) is 0 Å². The van der Waals surface area contributed by atoms with Crippen molar-refractivity contribution >= 4 is 11.9 Å². The van der Waals surface area contributed by atoms with Gasteiger partial charge in [-0.15, -0.1) is 0 Å². The van der Waals surface area contributed by atoms with Gasteiger partial charge in [0.2, 0.25) is 6.10 Å². The Morgan fingerprint density at radius 1 is 1.12 bits per heavy atom. The van der Waals surface area contributed by atoms with Crippen LogP contribution in [0.15, 0.2) is 24.3 Å². The van der Waals surface area contributed by atoms with Crippen LogP contribution in [-0.2, 0) is 25.5 Å². The molecule has 0 radical (unpaired) electrons. The number of phenolic OH excluding ortho intramolecular Hbond substituents is 1. The van der Waals surface area contributed by atoms with Gasteiger partial charge in [0.15, 0.2) is 6.10 Å². The van der Waals surface area contributed by atoms with Gasteiger partial charge < -0.3 is 14.6 Å². The number of esters is 2. The van der Waals surface area contributed by atoms with Crippen molar-refractivity contribution < 1.29 is 24.2 Å². The Balaban J connectivity index is 2.06. The van der Waals surface area contributed by atoms with E-state index in [-0.39, 0.29) is 12.2 Å².